The molecule has 0 aliphatic heterocycles. The average Bonchev–Trinajstić information content (AvgIpc) is 2.12. The number of nitrogens with one attached hydrogen (secondary N) is 1. The normalized spacial score (nSPS) is 11.0. The van der Waals surface area contributed by atoms with Gasteiger partial charge in [-0.05, 0) is 30.0 Å². The molecule has 1 aromatic rings. The molecule has 0 spiro atoms. The fraction of sp³-hybridized carbons (Fsp3) is 0.556. The lowest BCUT2D eigenvalue weighted by Gasteiger charge is -2.10. The molecule has 0 saturated heterocycles. The van der Waals surface area contributed by atoms with E-state index < -0.39 is 0 Å². The Balaban J connectivity index is 3.06. The van der Waals surface area contributed by atoms with Crippen molar-refractivity contribution >= 4 is 15.9 Å². The number of hydrogen-bond acceptors (Lipinski definition) is 4. The van der Waals surface area contributed by atoms with E-state index in [0.717, 1.165) is 0 Å². The number of methoxy groups -OCH3 is 1. The molecule has 1 rings (SSSR count). The van der Waals surface area contributed by atoms with Gasteiger partial charge in [-0.3, -0.25) is 4.79 Å². The summed E-state index contributed by atoms with van der Waals surface area (Å²) in [5.74, 6) is 0.639. The Labute approximate surface area is 96.6 Å². The van der Waals surface area contributed by atoms with E-state index >= 15 is 0 Å². The first-order valence-electron chi connectivity index (χ1n) is 4.46. The van der Waals surface area contributed by atoms with Gasteiger partial charge in [-0.2, -0.15) is 0 Å². The van der Waals surface area contributed by atoms with Crippen LogP contribution in [0.3, 0.4) is 0 Å². The SMILES string of the molecule is COCc1nc(CN(C)C)[nH]c(=O)c1Br. The van der Waals surface area contributed by atoms with Crippen molar-refractivity contribution in [2.24, 2.45) is 0 Å². The molecule has 0 aliphatic carbocycles. The van der Waals surface area contributed by atoms with E-state index in [1.807, 2.05) is 19.0 Å². The Kier molecular flexibility index (Phi) is 4.44. The van der Waals surface area contributed by atoms with Gasteiger partial charge >= 0.3 is 0 Å². The molecule has 84 valence electrons. The van der Waals surface area contributed by atoms with E-state index in [1.54, 1.807) is 7.11 Å². The van der Waals surface area contributed by atoms with E-state index in [2.05, 4.69) is 25.9 Å². The highest BCUT2D eigenvalue weighted by molar-refractivity contribution is 9.10. The van der Waals surface area contributed by atoms with E-state index in [4.69, 9.17) is 4.74 Å². The van der Waals surface area contributed by atoms with Crippen LogP contribution in [0.5, 0.6) is 0 Å². The van der Waals surface area contributed by atoms with Crippen LogP contribution in [0.2, 0.25) is 0 Å². The highest BCUT2D eigenvalue weighted by atomic mass is 79.9. The molecular formula is C9H14BrN3O2. The molecule has 15 heavy (non-hydrogen) atoms. The van der Waals surface area contributed by atoms with E-state index in [1.165, 1.54) is 0 Å². The summed E-state index contributed by atoms with van der Waals surface area (Å²) < 4.78 is 5.40. The molecule has 0 unspecified atom stereocenters. The zero-order valence-electron chi connectivity index (χ0n) is 9.00. The summed E-state index contributed by atoms with van der Waals surface area (Å²) in [7, 11) is 5.40. The van der Waals surface area contributed by atoms with Crippen LogP contribution in [0.15, 0.2) is 9.27 Å². The molecular weight excluding hydrogens is 262 g/mol. The van der Waals surface area contributed by atoms with E-state index in [9.17, 15) is 4.79 Å². The van der Waals surface area contributed by atoms with E-state index in [-0.39, 0.29) is 5.56 Å². The molecule has 0 fully saturated rings. The van der Waals surface area contributed by atoms with Gasteiger partial charge < -0.3 is 14.6 Å². The van der Waals surface area contributed by atoms with Crippen molar-refractivity contribution in [1.29, 1.82) is 0 Å². The van der Waals surface area contributed by atoms with Gasteiger partial charge in [0.2, 0.25) is 0 Å². The minimum Gasteiger partial charge on any atom is -0.378 e. The zero-order valence-corrected chi connectivity index (χ0v) is 10.6. The minimum atomic E-state index is -0.172. The summed E-state index contributed by atoms with van der Waals surface area (Å²) in [5, 5.41) is 0. The Morgan fingerprint density at radius 2 is 2.20 bits per heavy atom. The molecule has 5 nitrogen and oxygen atoms in total. The van der Waals surface area contributed by atoms with Gasteiger partial charge in [0.1, 0.15) is 10.3 Å². The maximum atomic E-state index is 11.5. The Morgan fingerprint density at radius 1 is 1.53 bits per heavy atom. The van der Waals surface area contributed by atoms with Crippen LogP contribution in [-0.4, -0.2) is 36.1 Å². The lowest BCUT2D eigenvalue weighted by molar-refractivity contribution is 0.180. The predicted octanol–water partition coefficient (Wildman–Crippen LogP) is 0.740. The number of ether oxygens (including phenoxy) is 1. The van der Waals surface area contributed by atoms with Crippen LogP contribution < -0.4 is 5.56 Å². The number of rotatable bonds is 4. The molecule has 0 radical (unpaired) electrons. The average molecular weight is 276 g/mol. The maximum Gasteiger partial charge on any atom is 0.265 e. The molecule has 0 bridgehead atoms. The first-order chi connectivity index (χ1) is 7.04. The van der Waals surface area contributed by atoms with Crippen molar-refractivity contribution in [1.82, 2.24) is 14.9 Å². The van der Waals surface area contributed by atoms with Crippen molar-refractivity contribution in [3.05, 3.63) is 26.3 Å². The fourth-order valence-electron chi connectivity index (χ4n) is 1.16. The lowest BCUT2D eigenvalue weighted by Crippen LogP contribution is -2.20. The summed E-state index contributed by atoms with van der Waals surface area (Å²) in [5.41, 5.74) is 0.451. The Bertz CT molecular complexity index is 389. The molecule has 1 aromatic heterocycles. The Morgan fingerprint density at radius 3 is 2.73 bits per heavy atom. The predicted molar refractivity (Wildman–Crippen MR) is 60.7 cm³/mol. The minimum absolute atomic E-state index is 0.172. The molecule has 0 aromatic carbocycles. The van der Waals surface area contributed by atoms with Crippen LogP contribution in [0, 0.1) is 0 Å². The second-order valence-electron chi connectivity index (χ2n) is 3.44. The molecule has 6 heteroatoms. The molecule has 0 saturated carbocycles. The van der Waals surface area contributed by atoms with Gasteiger partial charge in [0, 0.05) is 7.11 Å². The van der Waals surface area contributed by atoms with E-state index in [0.29, 0.717) is 29.1 Å². The number of H-pyrrole nitrogens is 1. The van der Waals surface area contributed by atoms with Crippen molar-refractivity contribution in [2.45, 2.75) is 13.2 Å². The maximum absolute atomic E-state index is 11.5. The molecule has 0 aliphatic rings. The van der Waals surface area contributed by atoms with Gasteiger partial charge in [-0.1, -0.05) is 0 Å². The standard InChI is InChI=1S/C9H14BrN3O2/c1-13(2)4-7-11-6(5-15-3)8(10)9(14)12-7/h4-5H2,1-3H3,(H,11,12,14). The third-order valence-electron chi connectivity index (χ3n) is 1.73. The molecule has 0 atom stereocenters. The van der Waals surface area contributed by atoms with Gasteiger partial charge in [-0.15, -0.1) is 0 Å². The molecule has 1 heterocycles. The molecule has 0 amide bonds. The van der Waals surface area contributed by atoms with Gasteiger partial charge in [0.15, 0.2) is 0 Å². The van der Waals surface area contributed by atoms with Gasteiger partial charge in [0.25, 0.3) is 5.56 Å². The highest BCUT2D eigenvalue weighted by Gasteiger charge is 2.08. The zero-order chi connectivity index (χ0) is 11.4. The third kappa shape index (κ3) is 3.40. The van der Waals surface area contributed by atoms with Gasteiger partial charge in [-0.25, -0.2) is 4.98 Å². The van der Waals surface area contributed by atoms with Crippen LogP contribution in [0.1, 0.15) is 11.5 Å². The quantitative estimate of drug-likeness (QED) is 0.881. The smallest absolute Gasteiger partial charge is 0.265 e. The second-order valence-corrected chi connectivity index (χ2v) is 4.24. The van der Waals surface area contributed by atoms with Gasteiger partial charge in [0.05, 0.1) is 18.8 Å². The summed E-state index contributed by atoms with van der Waals surface area (Å²) in [4.78, 5) is 20.4. The van der Waals surface area contributed by atoms with Crippen molar-refractivity contribution in [2.75, 3.05) is 21.2 Å². The van der Waals surface area contributed by atoms with Crippen LogP contribution >= 0.6 is 15.9 Å². The summed E-state index contributed by atoms with van der Waals surface area (Å²) in [6, 6.07) is 0. The summed E-state index contributed by atoms with van der Waals surface area (Å²) >= 11 is 3.18. The van der Waals surface area contributed by atoms with Crippen LogP contribution in [0.25, 0.3) is 0 Å². The van der Waals surface area contributed by atoms with Crippen molar-refractivity contribution in [3.8, 4) is 0 Å². The monoisotopic (exact) mass is 275 g/mol. The first kappa shape index (κ1) is 12.4. The Hall–Kier alpha value is -0.720. The molecule has 1 N–H and O–H groups in total. The topological polar surface area (TPSA) is 58.2 Å². The van der Waals surface area contributed by atoms with Crippen LogP contribution in [-0.2, 0) is 17.9 Å². The summed E-state index contributed by atoms with van der Waals surface area (Å²) in [6.07, 6.45) is 0. The van der Waals surface area contributed by atoms with Crippen molar-refractivity contribution in [3.63, 3.8) is 0 Å². The lowest BCUT2D eigenvalue weighted by atomic mass is 10.4. The number of aromatic nitrogens is 2. The van der Waals surface area contributed by atoms with Crippen molar-refractivity contribution < 1.29 is 4.74 Å². The number of nitrogens with zero attached hydrogens (tertiary/aromatic N) is 2. The largest absolute Gasteiger partial charge is 0.378 e. The second kappa shape index (κ2) is 5.39. The third-order valence-corrected chi connectivity index (χ3v) is 2.55. The highest BCUT2D eigenvalue weighted by Crippen LogP contribution is 2.10. The van der Waals surface area contributed by atoms with Crippen LogP contribution in [0.4, 0.5) is 0 Å². The summed E-state index contributed by atoms with van der Waals surface area (Å²) in [6.45, 7) is 0.921. The number of halogens is 1. The number of aromatic amines is 1. The first-order valence-corrected chi connectivity index (χ1v) is 5.25. The fourth-order valence-corrected chi connectivity index (χ4v) is 1.47. The number of hydrogen-bond donors (Lipinski definition) is 1.